The zero-order valence-electron chi connectivity index (χ0n) is 86.5. The Morgan fingerprint density at radius 2 is 0.760 bits per heavy atom. The minimum absolute atomic E-state index is 0. The van der Waals surface area contributed by atoms with E-state index in [4.69, 9.17) is 47.4 Å². The van der Waals surface area contributed by atoms with E-state index in [0.717, 1.165) is 118 Å². The van der Waals surface area contributed by atoms with Crippen molar-refractivity contribution in [3.05, 3.63) is 191 Å². The molecule has 9 heterocycles. The number of ether oxygens (including phenoxy) is 3. The maximum Gasteiger partial charge on any atom is 0.494 e. The molecule has 5 aliphatic heterocycles. The molecule has 824 valence electrons. The van der Waals surface area contributed by atoms with Crippen molar-refractivity contribution < 1.29 is 119 Å². The molecular formula is C106H140B3Br3F12N10O14S2. The van der Waals surface area contributed by atoms with Gasteiger partial charge in [0, 0.05) is 70.5 Å². The summed E-state index contributed by atoms with van der Waals surface area (Å²) in [5.74, 6) is 0.376. The van der Waals surface area contributed by atoms with E-state index in [1.165, 1.54) is 105 Å². The number of nitrogens with zero attached hydrogens (tertiary/aromatic N) is 7. The lowest BCUT2D eigenvalue weighted by Gasteiger charge is -2.32. The number of Topliss-reactive ketones (excluding diaryl/α,β-unsaturated/α-hetero) is 2. The van der Waals surface area contributed by atoms with Gasteiger partial charge in [0.2, 0.25) is 0 Å². The number of alkyl halides is 12. The van der Waals surface area contributed by atoms with Gasteiger partial charge in [0.05, 0.1) is 93.6 Å². The maximum atomic E-state index is 14.0. The van der Waals surface area contributed by atoms with Crippen LogP contribution in [0.25, 0.3) is 41.6 Å². The number of unbranched alkanes of at least 4 members (excludes halogenated alkanes) is 2. The van der Waals surface area contributed by atoms with Gasteiger partial charge in [0.25, 0.3) is 0 Å². The fourth-order valence-corrected chi connectivity index (χ4v) is 19.2. The smallest absolute Gasteiger partial charge is 0.444 e. The lowest BCUT2D eigenvalue weighted by atomic mass is 9.49. The first-order chi connectivity index (χ1) is 67.9. The Labute approximate surface area is 906 Å². The van der Waals surface area contributed by atoms with Gasteiger partial charge in [-0.15, -0.1) is 0 Å². The first-order valence-corrected chi connectivity index (χ1v) is 52.4. The van der Waals surface area contributed by atoms with Crippen LogP contribution in [-0.2, 0) is 86.5 Å². The van der Waals surface area contributed by atoms with Crippen LogP contribution in [0, 0.1) is 11.3 Å². The molecular weight excluding hydrogens is 2200 g/mol. The Balaban J connectivity index is 0.000000252. The molecule has 15 rings (SSSR count). The van der Waals surface area contributed by atoms with E-state index in [-0.39, 0.29) is 104 Å². The van der Waals surface area contributed by atoms with Crippen molar-refractivity contribution in [3.8, 4) is 17.3 Å². The van der Waals surface area contributed by atoms with Crippen molar-refractivity contribution in [3.63, 3.8) is 0 Å². The number of alkyl carbamates (subject to hydrolysis) is 3. The van der Waals surface area contributed by atoms with Gasteiger partial charge in [-0.1, -0.05) is 120 Å². The van der Waals surface area contributed by atoms with Crippen LogP contribution in [-0.4, -0.2) is 169 Å². The maximum absolute atomic E-state index is 14.0. The largest absolute Gasteiger partial charge is 0.494 e. The number of rotatable bonds is 21. The summed E-state index contributed by atoms with van der Waals surface area (Å²) < 4.78 is 216. The van der Waals surface area contributed by atoms with Crippen molar-refractivity contribution in [1.29, 1.82) is 5.26 Å². The van der Waals surface area contributed by atoms with Crippen molar-refractivity contribution in [1.82, 2.24) is 44.5 Å². The molecule has 3 N–H and O–H groups in total. The summed E-state index contributed by atoms with van der Waals surface area (Å²) in [4.78, 5) is 76.2. The third kappa shape index (κ3) is 35.9. The van der Waals surface area contributed by atoms with Crippen LogP contribution >= 0.6 is 70.5 Å². The van der Waals surface area contributed by atoms with E-state index in [2.05, 4.69) is 87.9 Å². The molecule has 0 unspecified atom stereocenters. The quantitative estimate of drug-likeness (QED) is 0.0198. The SMILES string of the molecule is C.C.C.CC(C)(C)OC(=O)NCc1ccc(-c2cn3c(n2)sc2cc(C(=O)CCCCN4CCCCC4)ccc23)cc1C(F)(F)F.CC(C)(C)OC(=O)NCc1ccc(B2OC(C)(C)C(C)(C)O2)cc1C(F)(F)F.CC(C)(C)OC(=O)NCc1ccc(Br)cc1C(F)(F)F.CC1(C)OB(B2OC(C)(C)C(C)(C)O2)OC1(C)C.N#Cc1ccc(Br)cc1C(F)(F)F.O=C(CCCCN1CCCCC1)c1ccc2c(c1)sc1nc(Br)cn12. The van der Waals surface area contributed by atoms with Crippen molar-refractivity contribution in [2.24, 2.45) is 0 Å². The summed E-state index contributed by atoms with van der Waals surface area (Å²) in [6, 6.07) is 28.1. The molecule has 0 radical (unpaired) electrons. The average molecular weight is 2340 g/mol. The number of likely N-dealkylation sites (tertiary alicyclic amines) is 2. The number of hydrogen-bond acceptors (Lipinski definition) is 21. The van der Waals surface area contributed by atoms with Crippen LogP contribution < -0.4 is 21.4 Å². The molecule has 6 aromatic carbocycles. The van der Waals surface area contributed by atoms with Gasteiger partial charge >= 0.3 is 64.1 Å². The molecule has 5 fully saturated rings. The van der Waals surface area contributed by atoms with Crippen LogP contribution in [0.3, 0.4) is 0 Å². The van der Waals surface area contributed by atoms with E-state index in [1.54, 1.807) is 85.9 Å². The number of amides is 3. The second kappa shape index (κ2) is 51.8. The van der Waals surface area contributed by atoms with E-state index in [1.807, 2.05) is 130 Å². The molecule has 3 amide bonds. The number of imidazole rings is 2. The highest BCUT2D eigenvalue weighted by atomic mass is 79.9. The predicted octanol–water partition coefficient (Wildman–Crippen LogP) is 29.3. The summed E-state index contributed by atoms with van der Waals surface area (Å²) in [7, 11) is -1.86. The predicted molar refractivity (Wildman–Crippen MR) is 578 cm³/mol. The monoisotopic (exact) mass is 2340 g/mol. The number of nitriles is 1. The van der Waals surface area contributed by atoms with Crippen LogP contribution in [0.2, 0.25) is 0 Å². The van der Waals surface area contributed by atoms with Crippen molar-refractivity contribution in [2.45, 2.75) is 339 Å². The normalized spacial score (nSPS) is 16.9. The van der Waals surface area contributed by atoms with Gasteiger partial charge in [0.15, 0.2) is 21.5 Å². The topological polar surface area (TPSA) is 269 Å². The van der Waals surface area contributed by atoms with E-state index >= 15 is 0 Å². The number of halogens is 15. The third-order valence-corrected chi connectivity index (χ3v) is 29.1. The molecule has 150 heavy (non-hydrogen) atoms. The van der Waals surface area contributed by atoms with Gasteiger partial charge in [-0.25, -0.2) is 24.4 Å². The molecule has 10 aromatic rings. The van der Waals surface area contributed by atoms with Gasteiger partial charge in [-0.05, 0) is 353 Å². The van der Waals surface area contributed by atoms with Gasteiger partial charge in [0.1, 0.15) is 21.4 Å². The summed E-state index contributed by atoms with van der Waals surface area (Å²) in [5, 5.41) is 15.5. The molecule has 5 saturated heterocycles. The van der Waals surface area contributed by atoms with Crippen LogP contribution in [0.15, 0.2) is 135 Å². The zero-order chi connectivity index (χ0) is 109. The molecule has 0 saturated carbocycles. The van der Waals surface area contributed by atoms with Crippen LogP contribution in [0.1, 0.15) is 310 Å². The average Bonchev–Trinajstić information content (AvgIpc) is 1.59. The van der Waals surface area contributed by atoms with Crippen LogP contribution in [0.5, 0.6) is 0 Å². The molecule has 4 aromatic heterocycles. The first-order valence-electron chi connectivity index (χ1n) is 48.4. The molecule has 24 nitrogen and oxygen atoms in total. The van der Waals surface area contributed by atoms with Crippen LogP contribution in [0.4, 0.5) is 67.1 Å². The van der Waals surface area contributed by atoms with Crippen molar-refractivity contribution >= 4 is 157 Å². The Hall–Kier alpha value is -8.71. The Morgan fingerprint density at radius 3 is 1.14 bits per heavy atom. The number of benzene rings is 6. The number of hydrogen-bond donors (Lipinski definition) is 3. The number of nitrogens with one attached hydrogen (secondary N) is 3. The Kier molecular flexibility index (Phi) is 44.2. The third-order valence-electron chi connectivity index (χ3n) is 25.6. The number of piperidine rings is 2. The van der Waals surface area contributed by atoms with E-state index in [0.29, 0.717) is 43.6 Å². The fraction of sp³-hybridized carbons (Fsp3) is 0.547. The summed E-state index contributed by atoms with van der Waals surface area (Å²) in [5.41, 5.74) is -4.45. The number of carbonyl (C=O) groups excluding carboxylic acids is 5. The summed E-state index contributed by atoms with van der Waals surface area (Å²) in [6.07, 6.45) is -3.80. The second-order valence-electron chi connectivity index (χ2n) is 42.4. The second-order valence-corrected chi connectivity index (χ2v) is 47.1. The number of thiazole rings is 2. The highest BCUT2D eigenvalue weighted by Gasteiger charge is 2.64. The van der Waals surface area contributed by atoms with Gasteiger partial charge in [-0.3, -0.25) is 18.4 Å². The van der Waals surface area contributed by atoms with E-state index < -0.39 is 114 Å². The number of ketones is 2. The minimum atomic E-state index is -4.62. The van der Waals surface area contributed by atoms with Gasteiger partial charge < -0.3 is 67.9 Å². The van der Waals surface area contributed by atoms with E-state index in [9.17, 15) is 76.7 Å². The molecule has 0 spiro atoms. The van der Waals surface area contributed by atoms with Gasteiger partial charge in [-0.2, -0.15) is 57.9 Å². The summed E-state index contributed by atoms with van der Waals surface area (Å²) in [6.45, 7) is 44.7. The molecule has 5 aliphatic rings. The Morgan fingerprint density at radius 1 is 0.420 bits per heavy atom. The standard InChI is InChI=1S/C32H37F3N4O3S.C19H27BF3NO4.C19H22BrN3OS.C13H15BrF3NO2.C12H24B2O4.C8H3BrF3N.3CH4/c1-31(2,3)42-30(41)36-19-23-11-10-21(17-24(23)32(33,34)35)25-20-39-26-13-12-22(18-28(26)43-29(39)37-25)27(40)9-5-8-16-38-14-6-4-7-15-38;1-16(2,3)26-15(25)24-11-12-8-9-13(10-14(12)19(21,22)23)20-27-17(4,5)18(6,7)28-20;20-18-13-23-15-8-7-14(12-17(15)25-19(23)21-18)16(24)6-2-5-11-22-9-3-1-4-10-22;1-12(2,3)20-11(19)18-7-8-4-5-9(14)6-10(8)13(15,16)17;1-9(2)10(3,4)16-13(15-9)14-17-11(5,6)12(7,8)18-14;9-6-2-1-5(4-13)7(3-6)8(10,11)12;;;/h10-13,17-18,20H,4-9,14-16,19H2,1-3H3,(H,36,41);8-10H,11H2,1-7H3,(H,24,25);7-8,12-13H,1-6,9-11H2;4-6H,7H2,1-3H3,(H,18,19);1-8H3;1-3H;3*1H4. The molecule has 44 heteroatoms. The fourth-order valence-electron chi connectivity index (χ4n) is 15.9. The minimum Gasteiger partial charge on any atom is -0.444 e. The number of aromatic nitrogens is 4. The lowest BCUT2D eigenvalue weighted by Crippen LogP contribution is -2.41. The highest BCUT2D eigenvalue weighted by Crippen LogP contribution is 2.46. The molecule has 0 atom stereocenters. The highest BCUT2D eigenvalue weighted by molar-refractivity contribution is 9.11. The lowest BCUT2D eigenvalue weighted by molar-refractivity contribution is -0.139. The van der Waals surface area contributed by atoms with Crippen molar-refractivity contribution in [2.75, 3.05) is 39.3 Å². The zero-order valence-corrected chi connectivity index (χ0v) is 92.9. The number of carbonyl (C=O) groups is 5. The number of fused-ring (bicyclic) bond motifs is 6. The first kappa shape index (κ1) is 128. The summed E-state index contributed by atoms with van der Waals surface area (Å²) >= 11 is 12.3. The molecule has 0 aliphatic carbocycles. The molecule has 0 bridgehead atoms. The Bertz CT molecular complexity index is 6230.